The molecule has 5 aliphatic heterocycles. The number of hydrogen-bond donors (Lipinski definition) is 13. The predicted molar refractivity (Wildman–Crippen MR) is 233 cm³/mol. The van der Waals surface area contributed by atoms with Gasteiger partial charge in [-0.25, -0.2) is 9.59 Å². The number of esters is 1. The number of hydrogen-bond acceptors (Lipinski definition) is 19. The maximum Gasteiger partial charge on any atom is 0.343 e. The molecule has 0 radical (unpaired) electrons. The number of likely N-dealkylation sites (N-methyl/N-ethyl adjacent to an activating group) is 1. The second kappa shape index (κ2) is 23.0. The van der Waals surface area contributed by atoms with Gasteiger partial charge in [-0.15, -0.1) is 6.58 Å². The molecular formula is C42H60N5O16S2+. The number of aliphatic imine (C=N–C) groups is 1. The first kappa shape index (κ1) is 50.9. The number of carbonyl (C=O) groups excluding carboxylic acids is 1. The van der Waals surface area contributed by atoms with Crippen molar-refractivity contribution in [1.82, 2.24) is 10.6 Å². The van der Waals surface area contributed by atoms with Crippen LogP contribution in [-0.4, -0.2) is 183 Å². The standard InChI is InChI=1S/C42H59N5O16S2/c1-3-24-33-21-6-4-7-31(28(16-50)47-13-23(12-21)34(25(14-47)37(54)55)46-41(43)45-10-5-11-48)65-64-20-27-22(15-49)8-9-29(27)60-38(56)26(33)19-59-39(24)63-40-36(62-32(18-52)44-2)42(57,58)35(53)30(17-51)61-40/h3,12,14,19,22,24,27-33,35-36,39-40,44,48-53,57-58H,1,5,7-11,13,15-18,20H2,2H3,(H,54,55)(H3,43,45,46)/p+1/b21-12+/t22-,24+,27-,28-,29+,30+,31-,32+,33-,35+,36-,39-,40-/m0/s1. The monoisotopic (exact) mass is 954 g/mol. The first-order valence-electron chi connectivity index (χ1n) is 21.3. The molecule has 0 aromatic carbocycles. The number of aliphatic hydroxyl groups excluding tert-OH is 6. The molecule has 4 bridgehead atoms. The number of guanidine groups is 1. The Morgan fingerprint density at radius 3 is 2.63 bits per heavy atom. The van der Waals surface area contributed by atoms with E-state index in [0.717, 1.165) is 6.26 Å². The van der Waals surface area contributed by atoms with E-state index in [9.17, 15) is 55.5 Å². The fraction of sp³-hybridized carbons (Fsp3) is 0.643. The van der Waals surface area contributed by atoms with Gasteiger partial charge in [-0.3, -0.25) is 15.2 Å². The van der Waals surface area contributed by atoms with Crippen molar-refractivity contribution in [1.29, 1.82) is 0 Å². The highest BCUT2D eigenvalue weighted by Crippen LogP contribution is 2.45. The summed E-state index contributed by atoms with van der Waals surface area (Å²) in [7, 11) is 4.40. The third-order valence-corrected chi connectivity index (χ3v) is 15.4. The molecule has 1 saturated carbocycles. The lowest BCUT2D eigenvalue weighted by molar-refractivity contribution is -0.870. The molecule has 0 spiro atoms. The molecule has 0 aromatic rings. The third kappa shape index (κ3) is 11.3. The molecule has 23 heteroatoms. The van der Waals surface area contributed by atoms with Crippen molar-refractivity contribution < 1.29 is 84.1 Å². The number of nitrogens with one attached hydrogen (secondary N) is 3. The summed E-state index contributed by atoms with van der Waals surface area (Å²) >= 11 is 0. The smallest absolute Gasteiger partial charge is 0.343 e. The van der Waals surface area contributed by atoms with Crippen LogP contribution in [-0.2, 0) is 33.3 Å². The van der Waals surface area contributed by atoms with E-state index in [1.54, 1.807) is 6.08 Å². The number of aliphatic hydroxyl groups is 8. The van der Waals surface area contributed by atoms with Gasteiger partial charge in [-0.2, -0.15) is 0 Å². The fourth-order valence-electron chi connectivity index (χ4n) is 8.88. The lowest BCUT2D eigenvalue weighted by atomic mass is 9.77. The molecular weight excluding hydrogens is 895 g/mol. The summed E-state index contributed by atoms with van der Waals surface area (Å²) < 4.78 is 30.3. The van der Waals surface area contributed by atoms with E-state index >= 15 is 0 Å². The molecule has 65 heavy (non-hydrogen) atoms. The minimum Gasteiger partial charge on any atom is -0.477 e. The molecule has 21 nitrogen and oxygen atoms in total. The number of ether oxygens (including phenoxy) is 5. The minimum absolute atomic E-state index is 0.0353. The van der Waals surface area contributed by atoms with Crippen molar-refractivity contribution in [3.63, 3.8) is 0 Å². The number of quaternary nitrogens is 1. The summed E-state index contributed by atoms with van der Waals surface area (Å²) in [6.45, 7) is 2.13. The summed E-state index contributed by atoms with van der Waals surface area (Å²) in [5.41, 5.74) is 6.71. The van der Waals surface area contributed by atoms with E-state index in [2.05, 4.69) is 34.0 Å². The number of allylic oxidation sites excluding steroid dienone is 1. The summed E-state index contributed by atoms with van der Waals surface area (Å²) in [6, 6.07) is -0.556. The van der Waals surface area contributed by atoms with Crippen LogP contribution in [0.1, 0.15) is 25.7 Å². The summed E-state index contributed by atoms with van der Waals surface area (Å²) in [6.07, 6.45) is -3.56. The number of carboxylic acid groups (broad SMARTS) is 1. The third-order valence-electron chi connectivity index (χ3n) is 12.4. The Balaban J connectivity index is 1.54. The molecule has 0 amide bonds. The van der Waals surface area contributed by atoms with Crippen molar-refractivity contribution in [2.45, 2.75) is 86.0 Å². The van der Waals surface area contributed by atoms with E-state index < -0.39 is 92.0 Å². The Kier molecular flexibility index (Phi) is 18.0. The second-order valence-corrected chi connectivity index (χ2v) is 19.1. The highest BCUT2D eigenvalue weighted by molar-refractivity contribution is 8.77. The Morgan fingerprint density at radius 1 is 1.18 bits per heavy atom. The molecule has 14 atom stereocenters. The van der Waals surface area contributed by atoms with Crippen LogP contribution in [0.5, 0.6) is 0 Å². The highest BCUT2D eigenvalue weighted by atomic mass is 33.1. The molecule has 1 saturated heterocycles. The van der Waals surface area contributed by atoms with Crippen molar-refractivity contribution in [2.24, 2.45) is 34.4 Å². The minimum atomic E-state index is -3.12. The van der Waals surface area contributed by atoms with Crippen LogP contribution in [0.2, 0.25) is 0 Å². The predicted octanol–water partition coefficient (Wildman–Crippen LogP) is -3.86. The topological polar surface area (TPSA) is 329 Å². The van der Waals surface area contributed by atoms with Crippen LogP contribution in [0.3, 0.4) is 0 Å². The van der Waals surface area contributed by atoms with Gasteiger partial charge < -0.3 is 80.7 Å². The first-order valence-corrected chi connectivity index (χ1v) is 23.7. The normalized spacial score (nSPS) is 36.2. The number of aliphatic carboxylic acids is 1. The zero-order valence-electron chi connectivity index (χ0n) is 35.7. The zero-order chi connectivity index (χ0) is 47.0. The fourth-order valence-corrected chi connectivity index (χ4v) is 12.2. The van der Waals surface area contributed by atoms with E-state index in [1.165, 1.54) is 40.9 Å². The van der Waals surface area contributed by atoms with Gasteiger partial charge in [0.2, 0.25) is 12.1 Å². The number of nitrogens with two attached hydrogens (primary N) is 1. The second-order valence-electron chi connectivity index (χ2n) is 16.4. The van der Waals surface area contributed by atoms with Gasteiger partial charge in [0.25, 0.3) is 0 Å². The molecule has 360 valence electrons. The van der Waals surface area contributed by atoms with Gasteiger partial charge in [0.15, 0.2) is 18.4 Å². The van der Waals surface area contributed by atoms with Crippen LogP contribution in [0.4, 0.5) is 0 Å². The Morgan fingerprint density at radius 2 is 1.97 bits per heavy atom. The Hall–Kier alpha value is -3.55. The average Bonchev–Trinajstić information content (AvgIpc) is 3.67. The maximum atomic E-state index is 14.6. The number of rotatable bonds is 15. The molecule has 6 rings (SSSR count). The van der Waals surface area contributed by atoms with Gasteiger partial charge in [-0.05, 0) is 38.3 Å². The van der Waals surface area contributed by atoms with Crippen LogP contribution in [0.15, 0.2) is 64.2 Å². The van der Waals surface area contributed by atoms with Crippen LogP contribution in [0, 0.1) is 35.5 Å². The lowest BCUT2D eigenvalue weighted by Crippen LogP contribution is -3.14. The maximum absolute atomic E-state index is 14.6. The molecule has 1 aliphatic carbocycles. The van der Waals surface area contributed by atoms with Gasteiger partial charge in [0, 0.05) is 54.9 Å². The Bertz CT molecular complexity index is 1950. The number of carbonyl (C=O) groups is 2. The molecule has 1 unspecified atom stereocenters. The van der Waals surface area contributed by atoms with Crippen molar-refractivity contribution >= 4 is 39.5 Å². The SMILES string of the molecule is C=C[C@H]1[C@H](O[C@@H]2O[C@H](CO)[C@@H](O)C(O)(O)[C@H]2O[C@H](CO)NC)OC=C2C(=O)O[C@@H]3CC[C@@H](CO)[C@@H]3CSS[C@H]3CC#C/C(=C\C4=C(NC(N)=NCCCO)C(C(=O)O)=C[NH+](C4)[C@H]3CO)[C@H]21. The summed E-state index contributed by atoms with van der Waals surface area (Å²) in [5, 5.41) is 99.8. The molecule has 6 aliphatic rings. The van der Waals surface area contributed by atoms with Crippen LogP contribution in [0.25, 0.3) is 0 Å². The highest BCUT2D eigenvalue weighted by Gasteiger charge is 2.58. The molecule has 0 aromatic heterocycles. The van der Waals surface area contributed by atoms with Crippen molar-refractivity contribution in [2.75, 3.05) is 58.9 Å². The largest absolute Gasteiger partial charge is 0.477 e. The van der Waals surface area contributed by atoms with E-state index in [1.807, 2.05) is 0 Å². The number of nitrogens with zero attached hydrogens (tertiary/aromatic N) is 1. The summed E-state index contributed by atoms with van der Waals surface area (Å²) in [5.74, 6) is -1.05. The zero-order valence-corrected chi connectivity index (χ0v) is 37.4. The van der Waals surface area contributed by atoms with Crippen molar-refractivity contribution in [3.05, 3.63) is 59.2 Å². The number of fused-ring (bicyclic) bond motifs is 8. The molecule has 14 N–H and O–H groups in total. The average molecular weight is 955 g/mol. The summed E-state index contributed by atoms with van der Waals surface area (Å²) in [4.78, 5) is 32.6. The van der Waals surface area contributed by atoms with Gasteiger partial charge in [0.05, 0.1) is 48.5 Å². The van der Waals surface area contributed by atoms with Gasteiger partial charge in [0.1, 0.15) is 48.9 Å². The molecule has 5 heterocycles. The quantitative estimate of drug-likeness (QED) is 0.0109. The van der Waals surface area contributed by atoms with E-state index in [-0.39, 0.29) is 84.8 Å². The van der Waals surface area contributed by atoms with Crippen LogP contribution < -0.4 is 21.3 Å². The Labute approximate surface area is 383 Å². The van der Waals surface area contributed by atoms with Gasteiger partial charge >= 0.3 is 11.9 Å². The first-order chi connectivity index (χ1) is 31.2. The van der Waals surface area contributed by atoms with Gasteiger partial charge in [-0.1, -0.05) is 39.5 Å². The number of carboxylic acids is 1. The lowest BCUT2D eigenvalue weighted by Gasteiger charge is -2.48. The van der Waals surface area contributed by atoms with E-state index in [4.69, 9.17) is 29.4 Å². The van der Waals surface area contributed by atoms with E-state index in [0.29, 0.717) is 35.5 Å². The van der Waals surface area contributed by atoms with Crippen molar-refractivity contribution in [3.8, 4) is 11.8 Å². The molecule has 2 fully saturated rings. The van der Waals surface area contributed by atoms with Crippen LogP contribution >= 0.6 is 21.6 Å².